The maximum atomic E-state index is 13.1. The van der Waals surface area contributed by atoms with E-state index in [1.807, 2.05) is 36.4 Å². The minimum atomic E-state index is -0.241. The standard InChI is InChI=1S/C23H25N3O4S/c27-21-16-31-23(29)26(21)14-17-5-4-8-19(13-17)22(28)24-20(18-6-2-1-3-7-18)15-25-9-11-30-12-10-25/h1-8,13,20H,9-12,14-16H2,(H,24,28). The minimum Gasteiger partial charge on any atom is -0.379 e. The number of thioether (sulfide) groups is 1. The summed E-state index contributed by atoms with van der Waals surface area (Å²) in [7, 11) is 0. The highest BCUT2D eigenvalue weighted by Gasteiger charge is 2.30. The summed E-state index contributed by atoms with van der Waals surface area (Å²) in [6.07, 6.45) is 0. The van der Waals surface area contributed by atoms with Crippen molar-refractivity contribution in [3.63, 3.8) is 0 Å². The number of amides is 3. The summed E-state index contributed by atoms with van der Waals surface area (Å²) >= 11 is 1.01. The average Bonchev–Trinajstić information content (AvgIpc) is 3.12. The molecule has 0 spiro atoms. The molecule has 2 saturated heterocycles. The SMILES string of the molecule is O=C(NC(CN1CCOCC1)c1ccccc1)c1cccc(CN2C(=O)CSC2=O)c1. The summed E-state index contributed by atoms with van der Waals surface area (Å²) in [5, 5.41) is 2.92. The lowest BCUT2D eigenvalue weighted by atomic mass is 10.0. The van der Waals surface area contributed by atoms with Gasteiger partial charge in [-0.15, -0.1) is 0 Å². The van der Waals surface area contributed by atoms with Gasteiger partial charge in [-0.1, -0.05) is 54.2 Å². The Bertz CT molecular complexity index is 931. The van der Waals surface area contributed by atoms with E-state index >= 15 is 0 Å². The van der Waals surface area contributed by atoms with Crippen molar-refractivity contribution < 1.29 is 19.1 Å². The highest BCUT2D eigenvalue weighted by Crippen LogP contribution is 2.22. The van der Waals surface area contributed by atoms with Crippen molar-refractivity contribution in [2.45, 2.75) is 12.6 Å². The highest BCUT2D eigenvalue weighted by molar-refractivity contribution is 8.14. The Balaban J connectivity index is 1.47. The summed E-state index contributed by atoms with van der Waals surface area (Å²) in [4.78, 5) is 40.4. The normalized spacial score (nSPS) is 18.3. The summed E-state index contributed by atoms with van der Waals surface area (Å²) in [5.41, 5.74) is 2.30. The molecule has 8 heteroatoms. The smallest absolute Gasteiger partial charge is 0.289 e. The van der Waals surface area contributed by atoms with Crippen molar-refractivity contribution >= 4 is 28.8 Å². The van der Waals surface area contributed by atoms with E-state index in [2.05, 4.69) is 10.2 Å². The Morgan fingerprint density at radius 3 is 2.55 bits per heavy atom. The zero-order valence-corrected chi connectivity index (χ0v) is 18.0. The van der Waals surface area contributed by atoms with E-state index in [4.69, 9.17) is 4.74 Å². The maximum absolute atomic E-state index is 13.1. The number of carbonyl (C=O) groups is 3. The molecular formula is C23H25N3O4S. The second kappa shape index (κ2) is 10.1. The second-order valence-electron chi connectivity index (χ2n) is 7.58. The topological polar surface area (TPSA) is 79.0 Å². The quantitative estimate of drug-likeness (QED) is 0.715. The van der Waals surface area contributed by atoms with Gasteiger partial charge in [-0.25, -0.2) is 0 Å². The first-order valence-electron chi connectivity index (χ1n) is 10.3. The van der Waals surface area contributed by atoms with Crippen LogP contribution in [0.3, 0.4) is 0 Å². The number of imide groups is 1. The Labute approximate surface area is 185 Å². The number of rotatable bonds is 7. The Kier molecular flexibility index (Phi) is 7.01. The van der Waals surface area contributed by atoms with Gasteiger partial charge in [-0.05, 0) is 23.3 Å². The molecule has 4 rings (SSSR count). The Morgan fingerprint density at radius 2 is 1.84 bits per heavy atom. The van der Waals surface area contributed by atoms with E-state index < -0.39 is 0 Å². The molecule has 2 aliphatic rings. The van der Waals surface area contributed by atoms with Gasteiger partial charge in [0.25, 0.3) is 11.1 Å². The van der Waals surface area contributed by atoms with Crippen LogP contribution in [0.4, 0.5) is 4.79 Å². The Morgan fingerprint density at radius 1 is 1.06 bits per heavy atom. The molecule has 3 amide bonds. The van der Waals surface area contributed by atoms with Crippen molar-refractivity contribution in [1.29, 1.82) is 0 Å². The average molecular weight is 440 g/mol. The van der Waals surface area contributed by atoms with Crippen molar-refractivity contribution in [2.24, 2.45) is 0 Å². The zero-order valence-electron chi connectivity index (χ0n) is 17.2. The molecule has 2 fully saturated rings. The predicted molar refractivity (Wildman–Crippen MR) is 119 cm³/mol. The first kappa shape index (κ1) is 21.5. The molecule has 1 unspecified atom stereocenters. The summed E-state index contributed by atoms with van der Waals surface area (Å²) in [5.74, 6) is -0.198. The van der Waals surface area contributed by atoms with Crippen LogP contribution in [0, 0.1) is 0 Å². The third kappa shape index (κ3) is 5.52. The van der Waals surface area contributed by atoms with E-state index in [1.54, 1.807) is 18.2 Å². The molecule has 2 aromatic carbocycles. The summed E-state index contributed by atoms with van der Waals surface area (Å²) in [6.45, 7) is 3.96. The van der Waals surface area contributed by atoms with Crippen molar-refractivity contribution in [1.82, 2.24) is 15.1 Å². The van der Waals surface area contributed by atoms with Gasteiger partial charge >= 0.3 is 0 Å². The number of hydrogen-bond acceptors (Lipinski definition) is 6. The molecule has 0 aromatic heterocycles. The van der Waals surface area contributed by atoms with Gasteiger partial charge in [0.15, 0.2) is 0 Å². The number of carbonyl (C=O) groups excluding carboxylic acids is 3. The van der Waals surface area contributed by atoms with Crippen LogP contribution in [-0.2, 0) is 16.1 Å². The van der Waals surface area contributed by atoms with E-state index in [9.17, 15) is 14.4 Å². The van der Waals surface area contributed by atoms with Gasteiger partial charge in [-0.2, -0.15) is 0 Å². The molecule has 2 aromatic rings. The van der Waals surface area contributed by atoms with Crippen LogP contribution < -0.4 is 5.32 Å². The van der Waals surface area contributed by atoms with Gasteiger partial charge in [0.2, 0.25) is 5.91 Å². The fraction of sp³-hybridized carbons (Fsp3) is 0.348. The molecule has 0 saturated carbocycles. The molecule has 7 nitrogen and oxygen atoms in total. The molecule has 1 N–H and O–H groups in total. The number of hydrogen-bond donors (Lipinski definition) is 1. The maximum Gasteiger partial charge on any atom is 0.289 e. The molecular weight excluding hydrogens is 414 g/mol. The summed E-state index contributed by atoms with van der Waals surface area (Å²) < 4.78 is 5.44. The van der Waals surface area contributed by atoms with E-state index in [-0.39, 0.29) is 35.4 Å². The number of nitrogens with one attached hydrogen (secondary N) is 1. The van der Waals surface area contributed by atoms with Gasteiger partial charge in [0.05, 0.1) is 31.6 Å². The molecule has 2 heterocycles. The number of ether oxygens (including phenoxy) is 1. The van der Waals surface area contributed by atoms with Crippen molar-refractivity contribution in [2.75, 3.05) is 38.6 Å². The highest BCUT2D eigenvalue weighted by atomic mass is 32.2. The van der Waals surface area contributed by atoms with Crippen molar-refractivity contribution in [3.8, 4) is 0 Å². The van der Waals surface area contributed by atoms with E-state index in [1.165, 1.54) is 4.90 Å². The van der Waals surface area contributed by atoms with Gasteiger partial charge in [-0.3, -0.25) is 24.2 Å². The molecule has 0 radical (unpaired) electrons. The van der Waals surface area contributed by atoms with Crippen LogP contribution in [0.15, 0.2) is 54.6 Å². The third-order valence-corrected chi connectivity index (χ3v) is 6.28. The van der Waals surface area contributed by atoms with Crippen LogP contribution in [0.2, 0.25) is 0 Å². The van der Waals surface area contributed by atoms with E-state index in [0.717, 1.165) is 36.0 Å². The lowest BCUT2D eigenvalue weighted by molar-refractivity contribution is -0.125. The molecule has 162 valence electrons. The lowest BCUT2D eigenvalue weighted by Gasteiger charge is -2.31. The van der Waals surface area contributed by atoms with Crippen LogP contribution in [0.25, 0.3) is 0 Å². The monoisotopic (exact) mass is 439 g/mol. The Hall–Kier alpha value is -2.68. The third-order valence-electron chi connectivity index (χ3n) is 5.42. The largest absolute Gasteiger partial charge is 0.379 e. The van der Waals surface area contributed by atoms with Gasteiger partial charge in [0, 0.05) is 25.2 Å². The lowest BCUT2D eigenvalue weighted by Crippen LogP contribution is -2.43. The molecule has 0 aliphatic carbocycles. The number of benzene rings is 2. The van der Waals surface area contributed by atoms with Crippen molar-refractivity contribution in [3.05, 3.63) is 71.3 Å². The van der Waals surface area contributed by atoms with E-state index in [0.29, 0.717) is 25.3 Å². The predicted octanol–water partition coefficient (Wildman–Crippen LogP) is 2.69. The molecule has 2 aliphatic heterocycles. The van der Waals surface area contributed by atoms with Gasteiger partial charge in [0.1, 0.15) is 0 Å². The fourth-order valence-electron chi connectivity index (χ4n) is 3.73. The molecule has 0 bridgehead atoms. The van der Waals surface area contributed by atoms with Crippen LogP contribution in [0.5, 0.6) is 0 Å². The van der Waals surface area contributed by atoms with Gasteiger partial charge < -0.3 is 10.1 Å². The first-order valence-corrected chi connectivity index (χ1v) is 11.3. The molecule has 1 atom stereocenters. The minimum absolute atomic E-state index is 0.159. The number of morpholine rings is 1. The van der Waals surface area contributed by atoms with Crippen LogP contribution >= 0.6 is 11.8 Å². The number of nitrogens with zero attached hydrogens (tertiary/aromatic N) is 2. The second-order valence-corrected chi connectivity index (χ2v) is 8.51. The zero-order chi connectivity index (χ0) is 21.6. The first-order chi connectivity index (χ1) is 15.1. The fourth-order valence-corrected chi connectivity index (χ4v) is 4.46. The summed E-state index contributed by atoms with van der Waals surface area (Å²) in [6, 6.07) is 16.9. The van der Waals surface area contributed by atoms with Crippen LogP contribution in [0.1, 0.15) is 27.5 Å². The molecule has 31 heavy (non-hydrogen) atoms. The van der Waals surface area contributed by atoms with Crippen LogP contribution in [-0.4, -0.2) is 65.5 Å².